The fourth-order valence-corrected chi connectivity index (χ4v) is 4.13. The van der Waals surface area contributed by atoms with E-state index in [4.69, 9.17) is 0 Å². The van der Waals surface area contributed by atoms with Crippen LogP contribution in [-0.4, -0.2) is 19.7 Å². The molecule has 26 heavy (non-hydrogen) atoms. The second-order valence-electron chi connectivity index (χ2n) is 5.65. The Balaban J connectivity index is 1.41. The molecule has 2 aromatic heterocycles. The zero-order valence-corrected chi connectivity index (χ0v) is 15.8. The number of anilines is 2. The molecule has 0 aliphatic rings. The molecule has 0 fully saturated rings. The molecule has 1 N–H and O–H groups in total. The Bertz CT molecular complexity index is 980. The number of para-hydroxylation sites is 1. The van der Waals surface area contributed by atoms with E-state index in [0.717, 1.165) is 38.8 Å². The standard InChI is InChI=1S/C19H17N5S2/c1-24-17(14-8-4-2-5-9-14)22-23-19(24)26-13-16-12-25-18(21-16)20-15-10-6-3-7-11-15/h2-12H,13H2,1H3,(H,20,21). The maximum atomic E-state index is 4.64. The first-order valence-electron chi connectivity index (χ1n) is 8.14. The van der Waals surface area contributed by atoms with Crippen LogP contribution in [0.3, 0.4) is 0 Å². The van der Waals surface area contributed by atoms with Gasteiger partial charge in [0.15, 0.2) is 16.1 Å². The van der Waals surface area contributed by atoms with Crippen molar-refractivity contribution in [1.29, 1.82) is 0 Å². The van der Waals surface area contributed by atoms with Crippen LogP contribution in [0.15, 0.2) is 71.2 Å². The number of nitrogens with zero attached hydrogens (tertiary/aromatic N) is 4. The van der Waals surface area contributed by atoms with E-state index >= 15 is 0 Å². The average Bonchev–Trinajstić information content (AvgIpc) is 3.28. The predicted molar refractivity (Wildman–Crippen MR) is 108 cm³/mol. The summed E-state index contributed by atoms with van der Waals surface area (Å²) in [6.45, 7) is 0. The second kappa shape index (κ2) is 7.72. The van der Waals surface area contributed by atoms with Crippen molar-refractivity contribution in [2.75, 3.05) is 5.32 Å². The van der Waals surface area contributed by atoms with Gasteiger partial charge in [0.1, 0.15) is 0 Å². The van der Waals surface area contributed by atoms with Gasteiger partial charge in [-0.3, -0.25) is 0 Å². The molecule has 0 saturated carbocycles. The third kappa shape index (κ3) is 3.79. The molecule has 2 aromatic carbocycles. The molecule has 5 nitrogen and oxygen atoms in total. The average molecular weight is 380 g/mol. The maximum Gasteiger partial charge on any atom is 0.191 e. The quantitative estimate of drug-likeness (QED) is 0.479. The molecule has 4 aromatic rings. The maximum absolute atomic E-state index is 4.64. The molecular weight excluding hydrogens is 362 g/mol. The number of thiazole rings is 1. The number of aromatic nitrogens is 4. The topological polar surface area (TPSA) is 55.6 Å². The van der Waals surface area contributed by atoms with E-state index in [1.807, 2.05) is 72.3 Å². The largest absolute Gasteiger partial charge is 0.332 e. The van der Waals surface area contributed by atoms with Crippen LogP contribution in [0.25, 0.3) is 11.4 Å². The fraction of sp³-hybridized carbons (Fsp3) is 0.105. The first-order chi connectivity index (χ1) is 12.8. The summed E-state index contributed by atoms with van der Waals surface area (Å²) < 4.78 is 2.02. The number of thioether (sulfide) groups is 1. The van der Waals surface area contributed by atoms with Crippen molar-refractivity contribution in [3.05, 3.63) is 71.7 Å². The minimum Gasteiger partial charge on any atom is -0.332 e. The number of benzene rings is 2. The van der Waals surface area contributed by atoms with Gasteiger partial charge < -0.3 is 9.88 Å². The van der Waals surface area contributed by atoms with Crippen LogP contribution in [0.1, 0.15) is 5.69 Å². The van der Waals surface area contributed by atoms with Gasteiger partial charge in [-0.25, -0.2) is 4.98 Å². The summed E-state index contributed by atoms with van der Waals surface area (Å²) in [6.07, 6.45) is 0. The molecule has 0 aliphatic heterocycles. The van der Waals surface area contributed by atoms with Crippen LogP contribution in [0, 0.1) is 0 Å². The summed E-state index contributed by atoms with van der Waals surface area (Å²) in [6, 6.07) is 20.2. The van der Waals surface area contributed by atoms with Crippen molar-refractivity contribution in [3.63, 3.8) is 0 Å². The van der Waals surface area contributed by atoms with Crippen LogP contribution in [0.2, 0.25) is 0 Å². The van der Waals surface area contributed by atoms with Crippen LogP contribution < -0.4 is 5.32 Å². The summed E-state index contributed by atoms with van der Waals surface area (Å²) >= 11 is 3.25. The van der Waals surface area contributed by atoms with Gasteiger partial charge in [-0.05, 0) is 12.1 Å². The van der Waals surface area contributed by atoms with E-state index < -0.39 is 0 Å². The Hall–Kier alpha value is -2.64. The van der Waals surface area contributed by atoms with E-state index in [2.05, 4.69) is 25.9 Å². The molecule has 4 rings (SSSR count). The number of hydrogen-bond acceptors (Lipinski definition) is 6. The van der Waals surface area contributed by atoms with Crippen molar-refractivity contribution < 1.29 is 0 Å². The van der Waals surface area contributed by atoms with E-state index in [1.165, 1.54) is 0 Å². The lowest BCUT2D eigenvalue weighted by molar-refractivity contribution is 0.793. The van der Waals surface area contributed by atoms with Gasteiger partial charge in [-0.2, -0.15) is 0 Å². The van der Waals surface area contributed by atoms with Crippen molar-refractivity contribution in [2.24, 2.45) is 7.05 Å². The fourth-order valence-electron chi connectivity index (χ4n) is 2.49. The van der Waals surface area contributed by atoms with Gasteiger partial charge in [0, 0.05) is 29.4 Å². The van der Waals surface area contributed by atoms with Crippen LogP contribution in [0.4, 0.5) is 10.8 Å². The minimum absolute atomic E-state index is 0.758. The lowest BCUT2D eigenvalue weighted by Crippen LogP contribution is -1.95. The minimum atomic E-state index is 0.758. The number of rotatable bonds is 6. The molecule has 0 radical (unpaired) electrons. The first-order valence-corrected chi connectivity index (χ1v) is 10.0. The van der Waals surface area contributed by atoms with E-state index in [0.29, 0.717) is 0 Å². The van der Waals surface area contributed by atoms with E-state index in [1.54, 1.807) is 23.1 Å². The SMILES string of the molecule is Cn1c(SCc2csc(Nc3ccccc3)n2)nnc1-c1ccccc1. The highest BCUT2D eigenvalue weighted by molar-refractivity contribution is 7.98. The lowest BCUT2D eigenvalue weighted by Gasteiger charge is -2.03. The third-order valence-electron chi connectivity index (χ3n) is 3.79. The predicted octanol–water partition coefficient (Wildman–Crippen LogP) is 4.97. The summed E-state index contributed by atoms with van der Waals surface area (Å²) in [4.78, 5) is 4.64. The monoisotopic (exact) mass is 379 g/mol. The zero-order chi connectivity index (χ0) is 17.8. The molecule has 7 heteroatoms. The van der Waals surface area contributed by atoms with Gasteiger partial charge in [-0.1, -0.05) is 60.3 Å². The molecule has 0 spiro atoms. The molecule has 0 aliphatic carbocycles. The van der Waals surface area contributed by atoms with Crippen molar-refractivity contribution in [2.45, 2.75) is 10.9 Å². The highest BCUT2D eigenvalue weighted by Gasteiger charge is 2.12. The van der Waals surface area contributed by atoms with Gasteiger partial charge in [0.2, 0.25) is 0 Å². The molecule has 130 valence electrons. The van der Waals surface area contributed by atoms with Gasteiger partial charge in [-0.15, -0.1) is 21.5 Å². The first kappa shape index (κ1) is 16.8. The number of nitrogens with one attached hydrogen (secondary N) is 1. The Labute approximate surface area is 160 Å². The second-order valence-corrected chi connectivity index (χ2v) is 7.46. The van der Waals surface area contributed by atoms with Crippen molar-refractivity contribution in [3.8, 4) is 11.4 Å². The molecule has 0 unspecified atom stereocenters. The summed E-state index contributed by atoms with van der Waals surface area (Å²) in [5.41, 5.74) is 3.14. The van der Waals surface area contributed by atoms with Crippen LogP contribution in [-0.2, 0) is 12.8 Å². The van der Waals surface area contributed by atoms with Crippen molar-refractivity contribution in [1.82, 2.24) is 19.7 Å². The summed E-state index contributed by atoms with van der Waals surface area (Å²) in [5.74, 6) is 1.63. The summed E-state index contributed by atoms with van der Waals surface area (Å²) in [7, 11) is 1.99. The Kier molecular flexibility index (Phi) is 4.99. The third-order valence-corrected chi connectivity index (χ3v) is 5.65. The highest BCUT2D eigenvalue weighted by atomic mass is 32.2. The van der Waals surface area contributed by atoms with Crippen LogP contribution >= 0.6 is 23.1 Å². The molecule has 2 heterocycles. The van der Waals surface area contributed by atoms with Crippen LogP contribution in [0.5, 0.6) is 0 Å². The molecule has 0 amide bonds. The Morgan fingerprint density at radius 1 is 1.00 bits per heavy atom. The van der Waals surface area contributed by atoms with Gasteiger partial charge >= 0.3 is 0 Å². The van der Waals surface area contributed by atoms with E-state index in [-0.39, 0.29) is 0 Å². The Morgan fingerprint density at radius 2 is 1.73 bits per heavy atom. The smallest absolute Gasteiger partial charge is 0.191 e. The zero-order valence-electron chi connectivity index (χ0n) is 14.2. The normalized spacial score (nSPS) is 10.8. The molecular formula is C19H17N5S2. The number of hydrogen-bond donors (Lipinski definition) is 1. The van der Waals surface area contributed by atoms with E-state index in [9.17, 15) is 0 Å². The van der Waals surface area contributed by atoms with Gasteiger partial charge in [0.25, 0.3) is 0 Å². The molecule has 0 atom stereocenters. The van der Waals surface area contributed by atoms with Gasteiger partial charge in [0.05, 0.1) is 5.69 Å². The molecule has 0 saturated heterocycles. The highest BCUT2D eigenvalue weighted by Crippen LogP contribution is 2.27. The summed E-state index contributed by atoms with van der Waals surface area (Å²) in [5, 5.41) is 15.8. The lowest BCUT2D eigenvalue weighted by atomic mass is 10.2. The molecule has 0 bridgehead atoms. The van der Waals surface area contributed by atoms with Crippen molar-refractivity contribution >= 4 is 33.9 Å². The Morgan fingerprint density at radius 3 is 2.50 bits per heavy atom.